The van der Waals surface area contributed by atoms with Gasteiger partial charge in [0.15, 0.2) is 5.76 Å². The second-order valence-electron chi connectivity index (χ2n) is 7.15. The average molecular weight is 377 g/mol. The molecule has 6 heteroatoms. The summed E-state index contributed by atoms with van der Waals surface area (Å²) in [5.41, 5.74) is 2.35. The number of nitrogens with one attached hydrogen (secondary N) is 1. The number of hydrogen-bond acceptors (Lipinski definition) is 5. The minimum atomic E-state index is -0.163. The molecule has 1 aromatic heterocycles. The van der Waals surface area contributed by atoms with Gasteiger partial charge in [0.05, 0.1) is 6.20 Å². The third-order valence-electron chi connectivity index (χ3n) is 5.01. The van der Waals surface area contributed by atoms with Gasteiger partial charge in [0.2, 0.25) is 0 Å². The molecule has 1 fully saturated rings. The Morgan fingerprint density at radius 2 is 2.07 bits per heavy atom. The van der Waals surface area contributed by atoms with Gasteiger partial charge in [0, 0.05) is 24.7 Å². The van der Waals surface area contributed by atoms with Crippen molar-refractivity contribution >= 4 is 5.91 Å². The van der Waals surface area contributed by atoms with Gasteiger partial charge < -0.3 is 14.9 Å². The molecular formula is C22H23N3O3. The molecule has 6 nitrogen and oxygen atoms in total. The van der Waals surface area contributed by atoms with Crippen molar-refractivity contribution in [1.29, 1.82) is 0 Å². The van der Waals surface area contributed by atoms with Crippen LogP contribution in [0.1, 0.15) is 28.8 Å². The number of phenolic OH excluding ortho intramolecular Hbond substituents is 1. The van der Waals surface area contributed by atoms with Crippen molar-refractivity contribution in [2.24, 2.45) is 0 Å². The largest absolute Gasteiger partial charge is 0.508 e. The normalized spacial score (nSPS) is 17.4. The average Bonchev–Trinajstić information content (AvgIpc) is 3.19. The van der Waals surface area contributed by atoms with Crippen LogP contribution in [0.15, 0.2) is 65.3 Å². The molecule has 2 N–H and O–H groups in total. The van der Waals surface area contributed by atoms with Crippen LogP contribution in [0, 0.1) is 0 Å². The Bertz CT molecular complexity index is 939. The zero-order valence-electron chi connectivity index (χ0n) is 15.5. The molecule has 3 aromatic rings. The first-order valence-electron chi connectivity index (χ1n) is 9.50. The van der Waals surface area contributed by atoms with Gasteiger partial charge in [-0.1, -0.05) is 47.6 Å². The summed E-state index contributed by atoms with van der Waals surface area (Å²) in [6, 6.07) is 16.9. The van der Waals surface area contributed by atoms with Crippen molar-refractivity contribution in [1.82, 2.24) is 15.4 Å². The number of carbonyl (C=O) groups excluding carboxylic acids is 1. The van der Waals surface area contributed by atoms with Crippen molar-refractivity contribution in [2.75, 3.05) is 13.1 Å². The van der Waals surface area contributed by atoms with E-state index in [2.05, 4.69) is 15.4 Å². The number of amides is 1. The fourth-order valence-corrected chi connectivity index (χ4v) is 3.69. The Kier molecular flexibility index (Phi) is 5.39. The fraction of sp³-hybridized carbons (Fsp3) is 0.273. The molecule has 1 atom stereocenters. The van der Waals surface area contributed by atoms with E-state index in [1.807, 2.05) is 42.5 Å². The first-order valence-corrected chi connectivity index (χ1v) is 9.50. The van der Waals surface area contributed by atoms with E-state index < -0.39 is 0 Å². The number of carbonyl (C=O) groups is 1. The maximum Gasteiger partial charge on any atom is 0.257 e. The van der Waals surface area contributed by atoms with Gasteiger partial charge in [-0.15, -0.1) is 0 Å². The van der Waals surface area contributed by atoms with Gasteiger partial charge in [-0.2, -0.15) is 0 Å². The Morgan fingerprint density at radius 3 is 2.89 bits per heavy atom. The van der Waals surface area contributed by atoms with E-state index in [1.165, 1.54) is 6.20 Å². The first-order chi connectivity index (χ1) is 13.7. The molecule has 0 spiro atoms. The Hall–Kier alpha value is -3.12. The van der Waals surface area contributed by atoms with Crippen LogP contribution >= 0.6 is 0 Å². The summed E-state index contributed by atoms with van der Waals surface area (Å²) in [5, 5.41) is 16.6. The van der Waals surface area contributed by atoms with Crippen molar-refractivity contribution in [3.8, 4) is 17.1 Å². The highest BCUT2D eigenvalue weighted by molar-refractivity contribution is 5.99. The van der Waals surface area contributed by atoms with Gasteiger partial charge in [-0.25, -0.2) is 0 Å². The molecule has 1 amide bonds. The van der Waals surface area contributed by atoms with Crippen LogP contribution in [-0.2, 0) is 6.54 Å². The highest BCUT2D eigenvalue weighted by Gasteiger charge is 2.24. The summed E-state index contributed by atoms with van der Waals surface area (Å²) in [5.74, 6) is 0.607. The summed E-state index contributed by atoms with van der Waals surface area (Å²) >= 11 is 0. The lowest BCUT2D eigenvalue weighted by Crippen LogP contribution is -2.47. The van der Waals surface area contributed by atoms with E-state index in [0.717, 1.165) is 43.6 Å². The summed E-state index contributed by atoms with van der Waals surface area (Å²) in [6.07, 6.45) is 3.43. The van der Waals surface area contributed by atoms with E-state index in [-0.39, 0.29) is 17.7 Å². The van der Waals surface area contributed by atoms with Crippen molar-refractivity contribution in [3.63, 3.8) is 0 Å². The molecule has 0 bridgehead atoms. The molecule has 0 saturated carbocycles. The molecule has 1 aliphatic heterocycles. The van der Waals surface area contributed by atoms with Gasteiger partial charge in [-0.05, 0) is 37.1 Å². The molecule has 4 rings (SSSR count). The zero-order valence-corrected chi connectivity index (χ0v) is 15.5. The van der Waals surface area contributed by atoms with Crippen molar-refractivity contribution in [2.45, 2.75) is 25.4 Å². The number of hydrogen-bond donors (Lipinski definition) is 2. The van der Waals surface area contributed by atoms with E-state index >= 15 is 0 Å². The van der Waals surface area contributed by atoms with Gasteiger partial charge in [-0.3, -0.25) is 9.69 Å². The van der Waals surface area contributed by atoms with Crippen LogP contribution in [0.4, 0.5) is 0 Å². The molecule has 2 heterocycles. The molecular weight excluding hydrogens is 354 g/mol. The van der Waals surface area contributed by atoms with Crippen LogP contribution in [0.3, 0.4) is 0 Å². The van der Waals surface area contributed by atoms with Gasteiger partial charge >= 0.3 is 0 Å². The number of nitrogens with zero attached hydrogens (tertiary/aromatic N) is 2. The third kappa shape index (κ3) is 4.23. The molecule has 0 aliphatic carbocycles. The number of aromatic hydroxyl groups is 1. The molecule has 2 aromatic carbocycles. The Morgan fingerprint density at radius 1 is 1.21 bits per heavy atom. The molecule has 0 unspecified atom stereocenters. The predicted molar refractivity (Wildman–Crippen MR) is 106 cm³/mol. The minimum Gasteiger partial charge on any atom is -0.508 e. The number of likely N-dealkylation sites (tertiary alicyclic amines) is 1. The Labute approximate surface area is 163 Å². The fourth-order valence-electron chi connectivity index (χ4n) is 3.69. The van der Waals surface area contributed by atoms with Gasteiger partial charge in [0.1, 0.15) is 11.3 Å². The van der Waals surface area contributed by atoms with Crippen molar-refractivity contribution < 1.29 is 14.4 Å². The molecule has 28 heavy (non-hydrogen) atoms. The molecule has 144 valence electrons. The number of rotatable bonds is 5. The second kappa shape index (κ2) is 8.27. The highest BCUT2D eigenvalue weighted by atomic mass is 16.5. The standard InChI is InChI=1S/C22H23N3O3/c26-19-10-4-6-16(12-19)14-25-11-5-9-18(15-25)24-22(27)20-13-23-28-21(20)17-7-2-1-3-8-17/h1-4,6-8,10,12-13,18,26H,5,9,11,14-15H2,(H,24,27)/t18-/m1/s1. The van der Waals surface area contributed by atoms with Crippen LogP contribution in [0.2, 0.25) is 0 Å². The lowest BCUT2D eigenvalue weighted by Gasteiger charge is -2.33. The maximum atomic E-state index is 12.8. The smallest absolute Gasteiger partial charge is 0.257 e. The van der Waals surface area contributed by atoms with Crippen molar-refractivity contribution in [3.05, 3.63) is 71.9 Å². The lowest BCUT2D eigenvalue weighted by molar-refractivity contribution is 0.0901. The number of piperidine rings is 1. The van der Waals surface area contributed by atoms with E-state index in [9.17, 15) is 9.90 Å². The minimum absolute atomic E-state index is 0.0667. The van der Waals surface area contributed by atoms with Crippen LogP contribution < -0.4 is 5.32 Å². The maximum absolute atomic E-state index is 12.8. The predicted octanol–water partition coefficient (Wildman–Crippen LogP) is 3.44. The second-order valence-corrected chi connectivity index (χ2v) is 7.15. The Balaban J connectivity index is 1.40. The van der Waals surface area contributed by atoms with Crippen LogP contribution in [-0.4, -0.2) is 40.2 Å². The van der Waals surface area contributed by atoms with E-state index in [0.29, 0.717) is 11.3 Å². The molecule has 1 saturated heterocycles. The van der Waals surface area contributed by atoms with Crippen LogP contribution in [0.5, 0.6) is 5.75 Å². The highest BCUT2D eigenvalue weighted by Crippen LogP contribution is 2.24. The quantitative estimate of drug-likeness (QED) is 0.712. The van der Waals surface area contributed by atoms with Gasteiger partial charge in [0.25, 0.3) is 5.91 Å². The summed E-state index contributed by atoms with van der Waals surface area (Å²) in [4.78, 5) is 15.1. The summed E-state index contributed by atoms with van der Waals surface area (Å²) in [6.45, 7) is 2.50. The topological polar surface area (TPSA) is 78.6 Å². The SMILES string of the molecule is O=C(N[C@@H]1CCCN(Cc2cccc(O)c2)C1)c1cnoc1-c1ccccc1. The zero-order chi connectivity index (χ0) is 19.3. The number of aromatic nitrogens is 1. The summed E-state index contributed by atoms with van der Waals surface area (Å²) in [7, 11) is 0. The third-order valence-corrected chi connectivity index (χ3v) is 5.01. The molecule has 1 aliphatic rings. The van der Waals surface area contributed by atoms with E-state index in [1.54, 1.807) is 12.1 Å². The molecule has 0 radical (unpaired) electrons. The van der Waals surface area contributed by atoms with Crippen LogP contribution in [0.25, 0.3) is 11.3 Å². The lowest BCUT2D eigenvalue weighted by atomic mass is 10.0. The van der Waals surface area contributed by atoms with E-state index in [4.69, 9.17) is 4.52 Å². The monoisotopic (exact) mass is 377 g/mol. The number of benzene rings is 2. The number of phenols is 1. The first kappa shape index (κ1) is 18.3. The summed E-state index contributed by atoms with van der Waals surface area (Å²) < 4.78 is 5.33.